The summed E-state index contributed by atoms with van der Waals surface area (Å²) in [5.41, 5.74) is 3.14. The van der Waals surface area contributed by atoms with Gasteiger partial charge in [0.2, 0.25) is 0 Å². The number of carbonyl (C=O) groups is 2. The third-order valence-electron chi connectivity index (χ3n) is 8.21. The monoisotopic (exact) mass is 502 g/mol. The summed E-state index contributed by atoms with van der Waals surface area (Å²) in [6.07, 6.45) is 1.03. The quantitative estimate of drug-likeness (QED) is 0.495. The number of carbonyl (C=O) groups excluding carboxylic acids is 2. The van der Waals surface area contributed by atoms with Crippen LogP contribution in [0.25, 0.3) is 10.9 Å². The molecule has 2 fully saturated rings. The van der Waals surface area contributed by atoms with Crippen molar-refractivity contribution < 1.29 is 19.1 Å². The molecule has 3 aromatic rings. The number of fused-ring (bicyclic) bond motifs is 4. The van der Waals surface area contributed by atoms with E-state index in [2.05, 4.69) is 16.0 Å². The molecule has 1 aromatic heterocycles. The first-order chi connectivity index (χ1) is 18.1. The highest BCUT2D eigenvalue weighted by Gasteiger charge is 2.61. The van der Waals surface area contributed by atoms with E-state index in [1.807, 2.05) is 61.2 Å². The van der Waals surface area contributed by atoms with E-state index in [0.29, 0.717) is 45.8 Å². The fraction of sp³-hybridized carbons (Fsp3) is 0.448. The van der Waals surface area contributed by atoms with E-state index < -0.39 is 5.54 Å². The maximum atomic E-state index is 14.2. The van der Waals surface area contributed by atoms with Crippen molar-refractivity contribution in [2.45, 2.75) is 38.3 Å². The van der Waals surface area contributed by atoms with Gasteiger partial charge in [-0.05, 0) is 42.7 Å². The Morgan fingerprint density at radius 3 is 2.57 bits per heavy atom. The number of H-pyrrole nitrogens is 1. The summed E-state index contributed by atoms with van der Waals surface area (Å²) >= 11 is 0. The molecule has 8 heteroatoms. The highest BCUT2D eigenvalue weighted by Crippen LogP contribution is 2.50. The lowest BCUT2D eigenvalue weighted by atomic mass is 9.78. The second-order valence-corrected chi connectivity index (χ2v) is 10.1. The summed E-state index contributed by atoms with van der Waals surface area (Å²) in [5.74, 6) is 0.720. The number of imide groups is 1. The van der Waals surface area contributed by atoms with E-state index in [1.165, 1.54) is 4.90 Å². The molecule has 37 heavy (non-hydrogen) atoms. The lowest BCUT2D eigenvalue weighted by molar-refractivity contribution is -0.134. The van der Waals surface area contributed by atoms with Gasteiger partial charge in [0.1, 0.15) is 17.3 Å². The van der Waals surface area contributed by atoms with Crippen LogP contribution in [0.15, 0.2) is 48.5 Å². The molecule has 3 amide bonds. The van der Waals surface area contributed by atoms with Crippen LogP contribution in [0.2, 0.25) is 0 Å². The van der Waals surface area contributed by atoms with Crippen LogP contribution in [0.1, 0.15) is 43.1 Å². The Balaban J connectivity index is 1.45. The number of hydrogen-bond donors (Lipinski definition) is 1. The third kappa shape index (κ3) is 3.81. The second-order valence-electron chi connectivity index (χ2n) is 10.1. The van der Waals surface area contributed by atoms with Crippen molar-refractivity contribution in [2.75, 3.05) is 46.0 Å². The molecule has 0 aliphatic carbocycles. The average Bonchev–Trinajstić information content (AvgIpc) is 3.39. The van der Waals surface area contributed by atoms with Crippen LogP contribution < -0.4 is 4.74 Å². The van der Waals surface area contributed by atoms with Crippen molar-refractivity contribution in [2.24, 2.45) is 0 Å². The minimum Gasteiger partial charge on any atom is -0.494 e. The van der Waals surface area contributed by atoms with Gasteiger partial charge in [-0.2, -0.15) is 0 Å². The molecule has 0 bridgehead atoms. The first-order valence-electron chi connectivity index (χ1n) is 13.3. The number of nitrogens with one attached hydrogen (secondary N) is 1. The molecule has 1 N–H and O–H groups in total. The van der Waals surface area contributed by atoms with E-state index in [9.17, 15) is 9.59 Å². The topological polar surface area (TPSA) is 78.1 Å². The van der Waals surface area contributed by atoms with Crippen molar-refractivity contribution >= 4 is 22.8 Å². The van der Waals surface area contributed by atoms with E-state index in [4.69, 9.17) is 9.47 Å². The van der Waals surface area contributed by atoms with E-state index in [1.54, 1.807) is 0 Å². The van der Waals surface area contributed by atoms with Crippen molar-refractivity contribution in [3.8, 4) is 5.75 Å². The van der Waals surface area contributed by atoms with Crippen LogP contribution in [0, 0.1) is 0 Å². The van der Waals surface area contributed by atoms with Gasteiger partial charge < -0.3 is 14.5 Å². The zero-order chi connectivity index (χ0) is 25.6. The molecular formula is C29H34N4O4. The number of nitrogens with zero attached hydrogens (tertiary/aromatic N) is 3. The maximum absolute atomic E-state index is 14.2. The van der Waals surface area contributed by atoms with Gasteiger partial charge in [-0.3, -0.25) is 19.5 Å². The van der Waals surface area contributed by atoms with Gasteiger partial charge in [-0.25, -0.2) is 4.79 Å². The number of ether oxygens (including phenoxy) is 2. The Kier molecular flexibility index (Phi) is 6.16. The fourth-order valence-electron chi connectivity index (χ4n) is 6.28. The van der Waals surface area contributed by atoms with Crippen LogP contribution in [0.3, 0.4) is 0 Å². The lowest BCUT2D eigenvalue weighted by Crippen LogP contribution is -2.55. The second kappa shape index (κ2) is 9.50. The molecule has 2 atom stereocenters. The van der Waals surface area contributed by atoms with Gasteiger partial charge >= 0.3 is 6.03 Å². The number of urea groups is 1. The number of amides is 3. The molecule has 6 rings (SSSR count). The van der Waals surface area contributed by atoms with Gasteiger partial charge in [0.25, 0.3) is 5.91 Å². The number of benzene rings is 2. The molecule has 8 nitrogen and oxygen atoms in total. The molecule has 2 aromatic carbocycles. The van der Waals surface area contributed by atoms with Gasteiger partial charge in [0.05, 0.1) is 19.8 Å². The fourth-order valence-corrected chi connectivity index (χ4v) is 6.28. The first kappa shape index (κ1) is 24.0. The van der Waals surface area contributed by atoms with E-state index in [-0.39, 0.29) is 18.0 Å². The van der Waals surface area contributed by atoms with Crippen molar-refractivity contribution in [3.63, 3.8) is 0 Å². The normalized spacial score (nSPS) is 24.0. The predicted molar refractivity (Wildman–Crippen MR) is 141 cm³/mol. The zero-order valence-corrected chi connectivity index (χ0v) is 21.5. The number of rotatable bonds is 7. The van der Waals surface area contributed by atoms with Crippen LogP contribution in [-0.4, -0.2) is 83.2 Å². The first-order valence-corrected chi connectivity index (χ1v) is 13.3. The number of hydrogen-bond acceptors (Lipinski definition) is 5. The van der Waals surface area contributed by atoms with Crippen LogP contribution >= 0.6 is 0 Å². The molecule has 3 aliphatic heterocycles. The molecule has 4 heterocycles. The van der Waals surface area contributed by atoms with E-state index >= 15 is 0 Å². The summed E-state index contributed by atoms with van der Waals surface area (Å²) in [4.78, 5) is 37.5. The lowest BCUT2D eigenvalue weighted by Gasteiger charge is -2.44. The highest BCUT2D eigenvalue weighted by molar-refractivity contribution is 6.08. The number of aromatic nitrogens is 1. The number of morpholine rings is 1. The van der Waals surface area contributed by atoms with Gasteiger partial charge in [0.15, 0.2) is 0 Å². The summed E-state index contributed by atoms with van der Waals surface area (Å²) in [7, 11) is 0. The zero-order valence-electron chi connectivity index (χ0n) is 21.5. The largest absolute Gasteiger partial charge is 0.494 e. The molecule has 194 valence electrons. The van der Waals surface area contributed by atoms with Crippen LogP contribution in [-0.2, 0) is 16.0 Å². The standard InChI is InChI=1S/C29H34N4O4/c1-3-29-19-23-22-18-21(37-4-2)10-11-24(22)30-25(23)26(20-8-6-5-7-9-20)33(29)28(35)32(27(29)34)13-12-31-14-16-36-17-15-31/h5-11,18,26,30H,3-4,12-17,19H2,1-2H3. The van der Waals surface area contributed by atoms with Gasteiger partial charge in [0, 0.05) is 49.2 Å². The number of aromatic amines is 1. The summed E-state index contributed by atoms with van der Waals surface area (Å²) in [6.45, 7) is 8.66. The maximum Gasteiger partial charge on any atom is 0.328 e. The molecule has 2 unspecified atom stereocenters. The molecule has 0 saturated carbocycles. The smallest absolute Gasteiger partial charge is 0.328 e. The third-order valence-corrected chi connectivity index (χ3v) is 8.21. The molecule has 2 saturated heterocycles. The van der Waals surface area contributed by atoms with Crippen molar-refractivity contribution in [3.05, 3.63) is 65.4 Å². The minimum atomic E-state index is -0.924. The summed E-state index contributed by atoms with van der Waals surface area (Å²) in [6, 6.07) is 15.5. The minimum absolute atomic E-state index is 0.0878. The van der Waals surface area contributed by atoms with Crippen molar-refractivity contribution in [1.29, 1.82) is 0 Å². The highest BCUT2D eigenvalue weighted by atomic mass is 16.5. The van der Waals surface area contributed by atoms with E-state index in [0.717, 1.165) is 46.6 Å². The van der Waals surface area contributed by atoms with Gasteiger partial charge in [-0.15, -0.1) is 0 Å². The predicted octanol–water partition coefficient (Wildman–Crippen LogP) is 3.96. The average molecular weight is 503 g/mol. The van der Waals surface area contributed by atoms with Crippen LogP contribution in [0.5, 0.6) is 5.75 Å². The Morgan fingerprint density at radius 2 is 1.84 bits per heavy atom. The Morgan fingerprint density at radius 1 is 1.05 bits per heavy atom. The van der Waals surface area contributed by atoms with Gasteiger partial charge in [-0.1, -0.05) is 37.3 Å². The van der Waals surface area contributed by atoms with Crippen LogP contribution in [0.4, 0.5) is 4.79 Å². The molecule has 0 radical (unpaired) electrons. The molecule has 0 spiro atoms. The molecule has 3 aliphatic rings. The summed E-state index contributed by atoms with van der Waals surface area (Å²) in [5, 5.41) is 1.06. The van der Waals surface area contributed by atoms with Crippen molar-refractivity contribution in [1.82, 2.24) is 19.7 Å². The Labute approximate surface area is 217 Å². The molecular weight excluding hydrogens is 468 g/mol. The Bertz CT molecular complexity index is 1320. The SMILES string of the molecule is CCOc1ccc2[nH]c3c(c2c1)CC1(CC)C(=O)N(CCN2CCOCC2)C(=O)N1C3c1ccccc1. The summed E-state index contributed by atoms with van der Waals surface area (Å²) < 4.78 is 11.3. The Hall–Kier alpha value is -3.36.